The van der Waals surface area contributed by atoms with E-state index in [1.54, 1.807) is 0 Å². The van der Waals surface area contributed by atoms with Gasteiger partial charge >= 0.3 is 0 Å². The van der Waals surface area contributed by atoms with Crippen molar-refractivity contribution in [1.29, 1.82) is 0 Å². The predicted octanol–water partition coefficient (Wildman–Crippen LogP) is 5.02. The molecule has 0 aliphatic carbocycles. The Morgan fingerprint density at radius 3 is 1.89 bits per heavy atom. The lowest BCUT2D eigenvalue weighted by Crippen LogP contribution is -2.13. The lowest BCUT2D eigenvalue weighted by molar-refractivity contribution is 0.568. The van der Waals surface area contributed by atoms with E-state index in [0.29, 0.717) is 0 Å². The second kappa shape index (κ2) is 6.05. The minimum atomic E-state index is 0.0868. The highest BCUT2D eigenvalue weighted by Crippen LogP contribution is 2.26. The van der Waals surface area contributed by atoms with Crippen LogP contribution < -0.4 is 0 Å². The predicted molar refractivity (Wildman–Crippen MR) is 83.5 cm³/mol. The molecule has 0 spiro atoms. The zero-order valence-corrected chi connectivity index (χ0v) is 13.3. The summed E-state index contributed by atoms with van der Waals surface area (Å²) in [6.45, 7) is 14.8. The molecule has 0 saturated heterocycles. The normalized spacial score (nSPS) is 10.9. The van der Waals surface area contributed by atoms with Gasteiger partial charge in [0.05, 0.1) is 5.69 Å². The van der Waals surface area contributed by atoms with Gasteiger partial charge in [-0.25, -0.2) is 4.98 Å². The van der Waals surface area contributed by atoms with Gasteiger partial charge in [-0.05, 0) is 13.8 Å². The van der Waals surface area contributed by atoms with E-state index in [1.165, 1.54) is 5.56 Å². The molecule has 0 saturated carbocycles. The van der Waals surface area contributed by atoms with E-state index in [1.807, 2.05) is 13.8 Å². The third-order valence-electron chi connectivity index (χ3n) is 2.92. The van der Waals surface area contributed by atoms with Crippen molar-refractivity contribution in [1.82, 2.24) is 9.97 Å². The largest absolute Gasteiger partial charge is 0.342 e. The summed E-state index contributed by atoms with van der Waals surface area (Å²) in [5, 5.41) is 0. The zero-order chi connectivity index (χ0) is 14.6. The molecule has 1 N–H and O–H groups in total. The first kappa shape index (κ1) is 15.5. The maximum atomic E-state index is 4.73. The molecule has 0 radical (unpaired) electrons. The molecule has 0 fully saturated rings. The number of aromatic amines is 1. The highest BCUT2D eigenvalue weighted by molar-refractivity contribution is 5.56. The summed E-state index contributed by atoms with van der Waals surface area (Å²) in [6.07, 6.45) is 0. The number of hydrogen-bond acceptors (Lipinski definition) is 1. The van der Waals surface area contributed by atoms with Crippen molar-refractivity contribution in [3.8, 4) is 11.4 Å². The molecule has 0 unspecified atom stereocenters. The summed E-state index contributed by atoms with van der Waals surface area (Å²) in [7, 11) is 0. The minimum Gasteiger partial charge on any atom is -0.342 e. The summed E-state index contributed by atoms with van der Waals surface area (Å²) < 4.78 is 0. The minimum absolute atomic E-state index is 0.0868. The Morgan fingerprint density at radius 2 is 1.47 bits per heavy atom. The van der Waals surface area contributed by atoms with Crippen LogP contribution in [0.25, 0.3) is 11.4 Å². The lowest BCUT2D eigenvalue weighted by atomic mass is 9.91. The zero-order valence-electron chi connectivity index (χ0n) is 13.3. The van der Waals surface area contributed by atoms with Crippen molar-refractivity contribution >= 4 is 0 Å². The fourth-order valence-corrected chi connectivity index (χ4v) is 2.04. The van der Waals surface area contributed by atoms with E-state index < -0.39 is 0 Å². The monoisotopic (exact) mass is 258 g/mol. The van der Waals surface area contributed by atoms with Crippen LogP contribution in [0.3, 0.4) is 0 Å². The number of hydrogen-bond donors (Lipinski definition) is 1. The Kier molecular flexibility index (Phi) is 4.93. The molecule has 1 aromatic heterocycles. The van der Waals surface area contributed by atoms with Crippen LogP contribution in [0.4, 0.5) is 0 Å². The SMILES string of the molecule is CC.Cc1ccc(-c2nc(C(C)(C)C)c(C)[nH]2)cc1. The smallest absolute Gasteiger partial charge is 0.137 e. The molecule has 0 atom stereocenters. The number of rotatable bonds is 1. The second-order valence-electron chi connectivity index (χ2n) is 5.68. The fraction of sp³-hybridized carbons (Fsp3) is 0.471. The first-order valence-corrected chi connectivity index (χ1v) is 7.02. The molecule has 0 aliphatic rings. The van der Waals surface area contributed by atoms with Crippen LogP contribution in [0.2, 0.25) is 0 Å². The van der Waals surface area contributed by atoms with Crippen LogP contribution in [0.5, 0.6) is 0 Å². The molecule has 0 aliphatic heterocycles. The van der Waals surface area contributed by atoms with E-state index in [4.69, 9.17) is 4.98 Å². The number of aryl methyl sites for hydroxylation is 2. The van der Waals surface area contributed by atoms with E-state index in [0.717, 1.165) is 22.8 Å². The van der Waals surface area contributed by atoms with Gasteiger partial charge in [0.15, 0.2) is 0 Å². The molecule has 2 rings (SSSR count). The van der Waals surface area contributed by atoms with Crippen molar-refractivity contribution in [3.05, 3.63) is 41.2 Å². The molecule has 2 heteroatoms. The number of nitrogens with one attached hydrogen (secondary N) is 1. The first-order valence-electron chi connectivity index (χ1n) is 7.02. The van der Waals surface area contributed by atoms with Gasteiger partial charge < -0.3 is 4.98 Å². The summed E-state index contributed by atoms with van der Waals surface area (Å²) >= 11 is 0. The number of aromatic nitrogens is 2. The summed E-state index contributed by atoms with van der Waals surface area (Å²) in [6, 6.07) is 8.45. The van der Waals surface area contributed by atoms with Crippen molar-refractivity contribution in [3.63, 3.8) is 0 Å². The number of benzene rings is 1. The van der Waals surface area contributed by atoms with Crippen LogP contribution >= 0.6 is 0 Å². The maximum absolute atomic E-state index is 4.73. The van der Waals surface area contributed by atoms with Crippen molar-refractivity contribution in [2.45, 2.75) is 53.9 Å². The average molecular weight is 258 g/mol. The molecule has 2 aromatic rings. The van der Waals surface area contributed by atoms with Crippen LogP contribution in [0.15, 0.2) is 24.3 Å². The number of nitrogens with zero attached hydrogens (tertiary/aromatic N) is 1. The van der Waals surface area contributed by atoms with Gasteiger partial charge in [0.1, 0.15) is 5.82 Å². The van der Waals surface area contributed by atoms with Gasteiger partial charge in [0.25, 0.3) is 0 Å². The highest BCUT2D eigenvalue weighted by Gasteiger charge is 2.20. The van der Waals surface area contributed by atoms with Gasteiger partial charge in [-0.2, -0.15) is 0 Å². The Morgan fingerprint density at radius 1 is 0.947 bits per heavy atom. The van der Waals surface area contributed by atoms with Crippen LogP contribution in [0, 0.1) is 13.8 Å². The first-order chi connectivity index (χ1) is 8.88. The van der Waals surface area contributed by atoms with Crippen molar-refractivity contribution in [2.24, 2.45) is 0 Å². The third-order valence-corrected chi connectivity index (χ3v) is 2.92. The summed E-state index contributed by atoms with van der Waals surface area (Å²) in [5.74, 6) is 0.965. The number of H-pyrrole nitrogens is 1. The molecular formula is C17H26N2. The maximum Gasteiger partial charge on any atom is 0.137 e. The van der Waals surface area contributed by atoms with Crippen molar-refractivity contribution < 1.29 is 0 Å². The molecule has 2 nitrogen and oxygen atoms in total. The van der Waals surface area contributed by atoms with Gasteiger partial charge in [0, 0.05) is 16.7 Å². The molecule has 1 heterocycles. The van der Waals surface area contributed by atoms with Crippen molar-refractivity contribution in [2.75, 3.05) is 0 Å². The van der Waals surface area contributed by atoms with Gasteiger partial charge in [-0.3, -0.25) is 0 Å². The Balaban J connectivity index is 0.000000861. The highest BCUT2D eigenvalue weighted by atomic mass is 14.9. The molecule has 1 aromatic carbocycles. The van der Waals surface area contributed by atoms with Gasteiger partial charge in [-0.1, -0.05) is 64.4 Å². The molecule has 0 bridgehead atoms. The van der Waals surface area contributed by atoms with Crippen LogP contribution in [0.1, 0.15) is 51.6 Å². The fourth-order valence-electron chi connectivity index (χ4n) is 2.04. The topological polar surface area (TPSA) is 28.7 Å². The molecular weight excluding hydrogens is 232 g/mol. The standard InChI is InChI=1S/C15H20N2.C2H6/c1-10-6-8-12(9-7-10)14-16-11(2)13(17-14)15(3,4)5;1-2/h6-9H,1-5H3,(H,16,17);1-2H3. The lowest BCUT2D eigenvalue weighted by Gasteiger charge is -2.15. The van der Waals surface area contributed by atoms with Crippen LogP contribution in [-0.2, 0) is 5.41 Å². The molecule has 19 heavy (non-hydrogen) atoms. The van der Waals surface area contributed by atoms with E-state index in [2.05, 4.69) is 63.9 Å². The molecule has 104 valence electrons. The van der Waals surface area contributed by atoms with Crippen LogP contribution in [-0.4, -0.2) is 9.97 Å². The Bertz CT molecular complexity index is 513. The third kappa shape index (κ3) is 3.69. The number of imidazole rings is 1. The van der Waals surface area contributed by atoms with Gasteiger partial charge in [0.2, 0.25) is 0 Å². The Labute approximate surface area is 117 Å². The Hall–Kier alpha value is -1.57. The second-order valence-corrected chi connectivity index (χ2v) is 5.68. The summed E-state index contributed by atoms with van der Waals surface area (Å²) in [5.41, 5.74) is 4.81. The molecule has 0 amide bonds. The van der Waals surface area contributed by atoms with E-state index >= 15 is 0 Å². The van der Waals surface area contributed by atoms with Gasteiger partial charge in [-0.15, -0.1) is 0 Å². The quantitative estimate of drug-likeness (QED) is 0.764. The van der Waals surface area contributed by atoms with E-state index in [9.17, 15) is 0 Å². The van der Waals surface area contributed by atoms with E-state index in [-0.39, 0.29) is 5.41 Å². The summed E-state index contributed by atoms with van der Waals surface area (Å²) in [4.78, 5) is 8.10. The average Bonchev–Trinajstić information content (AvgIpc) is 2.75.